The summed E-state index contributed by atoms with van der Waals surface area (Å²) in [7, 11) is 3.93. The summed E-state index contributed by atoms with van der Waals surface area (Å²) in [6, 6.07) is 9.30. The molecule has 1 unspecified atom stereocenters. The van der Waals surface area contributed by atoms with E-state index in [0.29, 0.717) is 17.6 Å². The quantitative estimate of drug-likeness (QED) is 0.891. The van der Waals surface area contributed by atoms with Crippen LogP contribution in [0.5, 0.6) is 0 Å². The van der Waals surface area contributed by atoms with Gasteiger partial charge in [0.05, 0.1) is 5.56 Å². The smallest absolute Gasteiger partial charge is 0.248 e. The highest BCUT2D eigenvalue weighted by Gasteiger charge is 2.39. The number of nitrogens with one attached hydrogen (secondary N) is 1. The van der Waals surface area contributed by atoms with Crippen LogP contribution in [0.3, 0.4) is 0 Å². The minimum Gasteiger partial charge on any atom is -0.378 e. The largest absolute Gasteiger partial charge is 0.378 e. The fourth-order valence-electron chi connectivity index (χ4n) is 3.76. The maximum atomic E-state index is 13.3. The van der Waals surface area contributed by atoms with E-state index in [2.05, 4.69) is 9.98 Å². The lowest BCUT2D eigenvalue weighted by atomic mass is 9.77. The Morgan fingerprint density at radius 1 is 1.07 bits per heavy atom. The van der Waals surface area contributed by atoms with Crippen molar-refractivity contribution in [3.05, 3.63) is 74.3 Å². The second-order valence-electron chi connectivity index (χ2n) is 7.07. The lowest BCUT2D eigenvalue weighted by Gasteiger charge is -2.28. The van der Waals surface area contributed by atoms with Crippen LogP contribution in [0.15, 0.2) is 51.4 Å². The standard InChI is InChI=1S/C21H19N3O3/c1-11-10-15(25)23-19-16(11)20(26)17-14(8-9-22-18(17)21(19)27)12-4-6-13(7-5-12)24(2)3/h4-7,9-10,14H,8H2,1-3H3,(H,23,25). The van der Waals surface area contributed by atoms with Crippen molar-refractivity contribution in [3.8, 4) is 0 Å². The molecule has 1 aromatic carbocycles. The molecule has 2 aromatic rings. The number of anilines is 1. The SMILES string of the molecule is Cc1cc(=O)[nH]c2c1C(=O)C1=C(N=CCC1c1ccc(N(C)C)cc1)C2=O. The third-order valence-electron chi connectivity index (χ3n) is 5.13. The first-order valence-electron chi connectivity index (χ1n) is 8.75. The van der Waals surface area contributed by atoms with Crippen molar-refractivity contribution in [1.82, 2.24) is 4.98 Å². The molecule has 0 amide bonds. The van der Waals surface area contributed by atoms with E-state index in [9.17, 15) is 14.4 Å². The molecule has 27 heavy (non-hydrogen) atoms. The molecule has 2 aliphatic rings. The summed E-state index contributed by atoms with van der Waals surface area (Å²) in [4.78, 5) is 46.7. The number of aryl methyl sites for hydroxylation is 1. The molecule has 1 atom stereocenters. The Bertz CT molecular complexity index is 1090. The summed E-state index contributed by atoms with van der Waals surface area (Å²) < 4.78 is 0. The molecule has 0 radical (unpaired) electrons. The first kappa shape index (κ1) is 17.1. The molecule has 1 aliphatic heterocycles. The number of rotatable bonds is 2. The number of aliphatic imine (C=N–C) groups is 1. The summed E-state index contributed by atoms with van der Waals surface area (Å²) in [5, 5.41) is 0. The van der Waals surface area contributed by atoms with Crippen LogP contribution in [0.25, 0.3) is 0 Å². The third-order valence-corrected chi connectivity index (χ3v) is 5.13. The molecular weight excluding hydrogens is 342 g/mol. The van der Waals surface area contributed by atoms with Gasteiger partial charge in [-0.2, -0.15) is 0 Å². The van der Waals surface area contributed by atoms with Crippen molar-refractivity contribution in [1.29, 1.82) is 0 Å². The lowest BCUT2D eigenvalue weighted by Crippen LogP contribution is -2.31. The van der Waals surface area contributed by atoms with Crippen LogP contribution in [0.1, 0.15) is 44.3 Å². The van der Waals surface area contributed by atoms with Crippen molar-refractivity contribution in [2.24, 2.45) is 4.99 Å². The van der Waals surface area contributed by atoms with Crippen LogP contribution < -0.4 is 10.5 Å². The Labute approximate surface area is 156 Å². The van der Waals surface area contributed by atoms with Gasteiger partial charge in [-0.15, -0.1) is 0 Å². The zero-order valence-electron chi connectivity index (χ0n) is 15.4. The fourth-order valence-corrected chi connectivity index (χ4v) is 3.76. The first-order chi connectivity index (χ1) is 12.9. The zero-order chi connectivity index (χ0) is 19.3. The maximum absolute atomic E-state index is 13.3. The van der Waals surface area contributed by atoms with Gasteiger partial charge in [0.25, 0.3) is 0 Å². The van der Waals surface area contributed by atoms with E-state index < -0.39 is 11.3 Å². The van der Waals surface area contributed by atoms with Gasteiger partial charge in [0.15, 0.2) is 5.78 Å². The fraction of sp³-hybridized carbons (Fsp3) is 0.238. The summed E-state index contributed by atoms with van der Waals surface area (Å²) in [6.07, 6.45) is 2.23. The molecular formula is C21H19N3O3. The van der Waals surface area contributed by atoms with Gasteiger partial charge in [0.2, 0.25) is 11.3 Å². The van der Waals surface area contributed by atoms with Gasteiger partial charge in [0.1, 0.15) is 11.4 Å². The lowest BCUT2D eigenvalue weighted by molar-refractivity contribution is 0.0963. The van der Waals surface area contributed by atoms with E-state index in [1.54, 1.807) is 13.1 Å². The number of pyridine rings is 1. The van der Waals surface area contributed by atoms with Crippen molar-refractivity contribution >= 4 is 23.5 Å². The van der Waals surface area contributed by atoms with Gasteiger partial charge >= 0.3 is 0 Å². The van der Waals surface area contributed by atoms with E-state index in [4.69, 9.17) is 0 Å². The van der Waals surface area contributed by atoms with Crippen molar-refractivity contribution < 1.29 is 9.59 Å². The number of ketones is 2. The minimum absolute atomic E-state index is 0.0458. The Morgan fingerprint density at radius 3 is 2.44 bits per heavy atom. The molecule has 0 saturated heterocycles. The summed E-state index contributed by atoms with van der Waals surface area (Å²) in [5.41, 5.74) is 3.02. The number of allylic oxidation sites excluding steroid dienone is 2. The van der Waals surface area contributed by atoms with E-state index in [0.717, 1.165) is 11.3 Å². The monoisotopic (exact) mass is 361 g/mol. The highest BCUT2D eigenvalue weighted by molar-refractivity contribution is 6.27. The van der Waals surface area contributed by atoms with Gasteiger partial charge in [-0.05, 0) is 36.6 Å². The number of carbonyl (C=O) groups is 2. The van der Waals surface area contributed by atoms with Crippen LogP contribution in [-0.4, -0.2) is 36.9 Å². The minimum atomic E-state index is -0.397. The molecule has 0 saturated carbocycles. The first-order valence-corrected chi connectivity index (χ1v) is 8.75. The van der Waals surface area contributed by atoms with Gasteiger partial charge in [-0.1, -0.05) is 12.1 Å². The summed E-state index contributed by atoms with van der Waals surface area (Å²) in [5.74, 6) is -0.859. The number of hydrogen-bond donors (Lipinski definition) is 1. The Kier molecular flexibility index (Phi) is 3.91. The molecule has 2 heterocycles. The predicted octanol–water partition coefficient (Wildman–Crippen LogP) is 2.64. The molecule has 6 heteroatoms. The van der Waals surface area contributed by atoms with E-state index in [-0.39, 0.29) is 28.7 Å². The molecule has 1 N–H and O–H groups in total. The van der Waals surface area contributed by atoms with Crippen LogP contribution in [-0.2, 0) is 0 Å². The average Bonchev–Trinajstić information content (AvgIpc) is 2.65. The number of H-pyrrole nitrogens is 1. The number of Topliss-reactive ketones (excluding diaryl/α,β-unsaturated/α-hetero) is 2. The van der Waals surface area contributed by atoms with Crippen molar-refractivity contribution in [2.75, 3.05) is 19.0 Å². The van der Waals surface area contributed by atoms with Crippen LogP contribution in [0.4, 0.5) is 5.69 Å². The number of nitrogens with zero attached hydrogens (tertiary/aromatic N) is 2. The molecule has 0 spiro atoms. The van der Waals surface area contributed by atoms with E-state index >= 15 is 0 Å². The van der Waals surface area contributed by atoms with Crippen LogP contribution in [0, 0.1) is 6.92 Å². The second-order valence-corrected chi connectivity index (χ2v) is 7.07. The predicted molar refractivity (Wildman–Crippen MR) is 104 cm³/mol. The molecule has 4 rings (SSSR count). The van der Waals surface area contributed by atoms with Gasteiger partial charge in [0, 0.05) is 43.6 Å². The number of benzene rings is 1. The molecule has 6 nitrogen and oxygen atoms in total. The molecule has 0 bridgehead atoms. The number of aromatic nitrogens is 1. The van der Waals surface area contributed by atoms with Gasteiger partial charge < -0.3 is 9.88 Å². The number of hydrogen-bond acceptors (Lipinski definition) is 5. The van der Waals surface area contributed by atoms with E-state index in [1.165, 1.54) is 6.07 Å². The third kappa shape index (κ3) is 2.65. The molecule has 0 fully saturated rings. The summed E-state index contributed by atoms with van der Waals surface area (Å²) in [6.45, 7) is 1.68. The van der Waals surface area contributed by atoms with Crippen LogP contribution >= 0.6 is 0 Å². The Hall–Kier alpha value is -3.28. The molecule has 136 valence electrons. The van der Waals surface area contributed by atoms with Gasteiger partial charge in [-0.25, -0.2) is 0 Å². The Balaban J connectivity index is 1.85. The average molecular weight is 361 g/mol. The highest BCUT2D eigenvalue weighted by atomic mass is 16.1. The van der Waals surface area contributed by atoms with E-state index in [1.807, 2.05) is 43.3 Å². The molecule has 1 aromatic heterocycles. The van der Waals surface area contributed by atoms with Crippen molar-refractivity contribution in [2.45, 2.75) is 19.3 Å². The maximum Gasteiger partial charge on any atom is 0.248 e. The van der Waals surface area contributed by atoms with Gasteiger partial charge in [-0.3, -0.25) is 19.4 Å². The topological polar surface area (TPSA) is 82.6 Å². The number of fused-ring (bicyclic) bond motifs is 1. The van der Waals surface area contributed by atoms with Crippen LogP contribution in [0.2, 0.25) is 0 Å². The molecule has 1 aliphatic carbocycles. The summed E-state index contributed by atoms with van der Waals surface area (Å²) >= 11 is 0. The Morgan fingerprint density at radius 2 is 1.78 bits per heavy atom. The van der Waals surface area contributed by atoms with Crippen molar-refractivity contribution in [3.63, 3.8) is 0 Å². The second kappa shape index (κ2) is 6.16. The normalized spacial score (nSPS) is 18.4. The highest BCUT2D eigenvalue weighted by Crippen LogP contribution is 2.40. The zero-order valence-corrected chi connectivity index (χ0v) is 15.4. The number of aromatic amines is 1. The number of carbonyl (C=O) groups excluding carboxylic acids is 2.